The Morgan fingerprint density at radius 1 is 0.857 bits per heavy atom. The molecule has 0 radical (unpaired) electrons. The number of nitrogens with one attached hydrogen (secondary N) is 3. The number of rotatable bonds is 6. The van der Waals surface area contributed by atoms with Gasteiger partial charge in [-0.2, -0.15) is 0 Å². The van der Waals surface area contributed by atoms with Crippen molar-refractivity contribution in [1.82, 2.24) is 0 Å². The number of carbonyl (C=O) groups is 1. The second-order valence-electron chi connectivity index (χ2n) is 6.27. The van der Waals surface area contributed by atoms with E-state index >= 15 is 0 Å². The molecular weight excluding hydrogens is 436 g/mol. The molecule has 0 heterocycles. The predicted molar refractivity (Wildman–Crippen MR) is 123 cm³/mol. The third-order valence-corrected chi connectivity index (χ3v) is 5.14. The number of halogens is 1. The molecule has 3 rings (SSSR count). The molecule has 0 bridgehead atoms. The van der Waals surface area contributed by atoms with Crippen molar-refractivity contribution in [2.24, 2.45) is 0 Å². The molecule has 5 nitrogen and oxygen atoms in total. The van der Waals surface area contributed by atoms with E-state index in [1.807, 2.05) is 91.8 Å². The molecule has 7 heteroatoms. The van der Waals surface area contributed by atoms with Crippen molar-refractivity contribution in [2.45, 2.75) is 4.90 Å². The summed E-state index contributed by atoms with van der Waals surface area (Å²) in [5, 5.41) is 5.73. The first kappa shape index (κ1) is 20.1. The lowest BCUT2D eigenvalue weighted by molar-refractivity contribution is 0.262. The molecule has 0 saturated carbocycles. The molecule has 0 fully saturated rings. The molecule has 3 aromatic carbocycles. The summed E-state index contributed by atoms with van der Waals surface area (Å²) in [5.74, 6) is 0. The lowest BCUT2D eigenvalue weighted by Gasteiger charge is -2.14. The number of nitrogens with zero attached hydrogens (tertiary/aromatic N) is 1. The van der Waals surface area contributed by atoms with Crippen LogP contribution in [0.4, 0.5) is 27.5 Å². The van der Waals surface area contributed by atoms with E-state index in [0.29, 0.717) is 5.69 Å². The topological polar surface area (TPSA) is 56.4 Å². The molecule has 28 heavy (non-hydrogen) atoms. The summed E-state index contributed by atoms with van der Waals surface area (Å²) >= 11 is 4.98. The molecule has 0 atom stereocenters. The van der Waals surface area contributed by atoms with Gasteiger partial charge in [0.15, 0.2) is 0 Å². The first-order valence-corrected chi connectivity index (χ1v) is 10.2. The molecule has 0 aliphatic heterocycles. The lowest BCUT2D eigenvalue weighted by atomic mass is 10.2. The van der Waals surface area contributed by atoms with E-state index in [1.54, 1.807) is 0 Å². The number of hydrogen-bond acceptors (Lipinski definition) is 4. The van der Waals surface area contributed by atoms with Gasteiger partial charge in [-0.1, -0.05) is 34.1 Å². The highest BCUT2D eigenvalue weighted by Crippen LogP contribution is 2.25. The summed E-state index contributed by atoms with van der Waals surface area (Å²) in [6.07, 6.45) is 0. The highest BCUT2D eigenvalue weighted by molar-refractivity contribution is 9.10. The molecule has 3 N–H and O–H groups in total. The number of hydrogen-bond donors (Lipinski definition) is 3. The average molecular weight is 457 g/mol. The zero-order chi connectivity index (χ0) is 19.9. The zero-order valence-electron chi connectivity index (χ0n) is 15.6. The third-order valence-electron chi connectivity index (χ3n) is 3.82. The fourth-order valence-corrected chi connectivity index (χ4v) is 3.71. The van der Waals surface area contributed by atoms with Crippen LogP contribution in [0.3, 0.4) is 0 Å². The van der Waals surface area contributed by atoms with Gasteiger partial charge in [-0.25, -0.2) is 4.79 Å². The van der Waals surface area contributed by atoms with Crippen LogP contribution >= 0.6 is 27.9 Å². The van der Waals surface area contributed by atoms with Crippen molar-refractivity contribution in [3.8, 4) is 0 Å². The van der Waals surface area contributed by atoms with Crippen molar-refractivity contribution in [3.05, 3.63) is 77.3 Å². The molecule has 0 unspecified atom stereocenters. The number of urea groups is 1. The van der Waals surface area contributed by atoms with Gasteiger partial charge in [-0.3, -0.25) is 0 Å². The smallest absolute Gasteiger partial charge is 0.323 e. The van der Waals surface area contributed by atoms with Gasteiger partial charge in [0.1, 0.15) is 0 Å². The summed E-state index contributed by atoms with van der Waals surface area (Å²) in [6.45, 7) is 0. The Morgan fingerprint density at radius 3 is 2.21 bits per heavy atom. The quantitative estimate of drug-likeness (QED) is 0.382. The SMILES string of the molecule is CN(C)c1cccc(NC(=O)Nc2cccc(NSc3cccc(Br)c3)c2)c1. The normalized spacial score (nSPS) is 10.2. The maximum atomic E-state index is 12.3. The molecule has 3 aromatic rings. The minimum absolute atomic E-state index is 0.285. The van der Waals surface area contributed by atoms with Gasteiger partial charge in [0.25, 0.3) is 0 Å². The Morgan fingerprint density at radius 2 is 1.50 bits per heavy atom. The van der Waals surface area contributed by atoms with Crippen LogP contribution in [0.2, 0.25) is 0 Å². The number of amides is 2. The zero-order valence-corrected chi connectivity index (χ0v) is 18.0. The Kier molecular flexibility index (Phi) is 6.84. The third kappa shape index (κ3) is 5.94. The largest absolute Gasteiger partial charge is 0.378 e. The van der Waals surface area contributed by atoms with Crippen molar-refractivity contribution < 1.29 is 4.79 Å². The van der Waals surface area contributed by atoms with Crippen LogP contribution in [-0.4, -0.2) is 20.1 Å². The van der Waals surface area contributed by atoms with E-state index in [2.05, 4.69) is 31.3 Å². The van der Waals surface area contributed by atoms with E-state index in [-0.39, 0.29) is 6.03 Å². The van der Waals surface area contributed by atoms with Crippen LogP contribution < -0.4 is 20.3 Å². The Bertz CT molecular complexity index is 964. The van der Waals surface area contributed by atoms with Gasteiger partial charge < -0.3 is 20.3 Å². The standard InChI is InChI=1S/C21H21BrN4OS/c1-26(2)19-10-5-8-17(14-19)24-21(27)23-16-7-4-9-18(13-16)25-28-20-11-3-6-15(22)12-20/h3-14,25H,1-2H3,(H2,23,24,27). The lowest BCUT2D eigenvalue weighted by Crippen LogP contribution is -2.19. The van der Waals surface area contributed by atoms with Gasteiger partial charge in [0, 0.05) is 46.2 Å². The van der Waals surface area contributed by atoms with Crippen LogP contribution in [0.5, 0.6) is 0 Å². The second-order valence-corrected chi connectivity index (χ2v) is 8.06. The molecular formula is C21H21BrN4OS. The summed E-state index contributed by atoms with van der Waals surface area (Å²) in [4.78, 5) is 15.4. The highest BCUT2D eigenvalue weighted by Gasteiger charge is 2.05. The van der Waals surface area contributed by atoms with Crippen LogP contribution in [0.25, 0.3) is 0 Å². The minimum Gasteiger partial charge on any atom is -0.378 e. The Labute approximate surface area is 177 Å². The molecule has 2 amide bonds. The van der Waals surface area contributed by atoms with E-state index in [0.717, 1.165) is 26.4 Å². The Balaban J connectivity index is 1.59. The van der Waals surface area contributed by atoms with Gasteiger partial charge >= 0.3 is 6.03 Å². The van der Waals surface area contributed by atoms with Crippen molar-refractivity contribution in [3.63, 3.8) is 0 Å². The first-order chi connectivity index (χ1) is 13.5. The summed E-state index contributed by atoms with van der Waals surface area (Å²) in [7, 11) is 3.92. The molecule has 144 valence electrons. The van der Waals surface area contributed by atoms with Crippen molar-refractivity contribution in [2.75, 3.05) is 34.4 Å². The fourth-order valence-electron chi connectivity index (χ4n) is 2.46. The van der Waals surface area contributed by atoms with Gasteiger partial charge in [0.2, 0.25) is 0 Å². The highest BCUT2D eigenvalue weighted by atomic mass is 79.9. The van der Waals surface area contributed by atoms with Crippen molar-refractivity contribution >= 4 is 56.7 Å². The van der Waals surface area contributed by atoms with Gasteiger partial charge in [-0.05, 0) is 66.5 Å². The molecule has 0 saturated heterocycles. The van der Waals surface area contributed by atoms with E-state index in [1.165, 1.54) is 11.9 Å². The second kappa shape index (κ2) is 9.52. The van der Waals surface area contributed by atoms with Crippen molar-refractivity contribution in [1.29, 1.82) is 0 Å². The number of anilines is 4. The predicted octanol–water partition coefficient (Wildman–Crippen LogP) is 6.28. The maximum absolute atomic E-state index is 12.3. The number of benzene rings is 3. The van der Waals surface area contributed by atoms with Gasteiger partial charge in [-0.15, -0.1) is 0 Å². The van der Waals surface area contributed by atoms with Crippen LogP contribution in [-0.2, 0) is 0 Å². The van der Waals surface area contributed by atoms with Crippen LogP contribution in [0, 0.1) is 0 Å². The van der Waals surface area contributed by atoms with Crippen LogP contribution in [0.1, 0.15) is 0 Å². The minimum atomic E-state index is -0.285. The van der Waals surface area contributed by atoms with E-state index in [9.17, 15) is 4.79 Å². The monoisotopic (exact) mass is 456 g/mol. The van der Waals surface area contributed by atoms with Crippen LogP contribution in [0.15, 0.2) is 82.2 Å². The summed E-state index contributed by atoms with van der Waals surface area (Å²) < 4.78 is 4.32. The average Bonchev–Trinajstić information content (AvgIpc) is 2.67. The molecule has 0 aliphatic carbocycles. The fraction of sp³-hybridized carbons (Fsp3) is 0.0952. The summed E-state index contributed by atoms with van der Waals surface area (Å²) in [5.41, 5.74) is 3.37. The summed E-state index contributed by atoms with van der Waals surface area (Å²) in [6, 6.07) is 23.0. The maximum Gasteiger partial charge on any atom is 0.323 e. The van der Waals surface area contributed by atoms with E-state index < -0.39 is 0 Å². The molecule has 0 aliphatic rings. The number of carbonyl (C=O) groups excluding carboxylic acids is 1. The molecule has 0 spiro atoms. The van der Waals surface area contributed by atoms with Gasteiger partial charge in [0.05, 0.1) is 0 Å². The Hall–Kier alpha value is -2.64. The van der Waals surface area contributed by atoms with E-state index in [4.69, 9.17) is 0 Å². The molecule has 0 aromatic heterocycles. The first-order valence-electron chi connectivity index (χ1n) is 8.63.